The van der Waals surface area contributed by atoms with E-state index in [1.54, 1.807) is 24.5 Å². The van der Waals surface area contributed by atoms with E-state index in [0.717, 1.165) is 25.5 Å². The number of benzene rings is 1. The highest BCUT2D eigenvalue weighted by molar-refractivity contribution is 5.65. The molecule has 0 N–H and O–H groups in total. The second kappa shape index (κ2) is 7.43. The second-order valence-electron chi connectivity index (χ2n) is 7.24. The Bertz CT molecular complexity index is 942. The summed E-state index contributed by atoms with van der Waals surface area (Å²) in [6, 6.07) is 5.73. The fourth-order valence-electron chi connectivity index (χ4n) is 4.44. The molecule has 2 atom stereocenters. The molecule has 152 valence electrons. The van der Waals surface area contributed by atoms with Crippen LogP contribution in [0.1, 0.15) is 24.0 Å². The Labute approximate surface area is 166 Å². The van der Waals surface area contributed by atoms with E-state index >= 15 is 0 Å². The molecule has 2 unspecified atom stereocenters. The van der Waals surface area contributed by atoms with Gasteiger partial charge in [0.25, 0.3) is 5.88 Å². The third-order valence-corrected chi connectivity index (χ3v) is 5.77. The van der Waals surface area contributed by atoms with Crippen LogP contribution in [0.15, 0.2) is 30.6 Å². The van der Waals surface area contributed by atoms with Crippen LogP contribution < -0.4 is 14.5 Å². The largest absolute Gasteiger partial charge is 0.478 e. The van der Waals surface area contributed by atoms with Crippen molar-refractivity contribution in [2.45, 2.75) is 25.1 Å². The number of fused-ring (bicyclic) bond motifs is 1. The number of alkyl halides is 3. The van der Waals surface area contributed by atoms with Crippen LogP contribution >= 0.6 is 0 Å². The first-order valence-corrected chi connectivity index (χ1v) is 9.41. The maximum Gasteiger partial charge on any atom is 0.417 e. The first-order valence-electron chi connectivity index (χ1n) is 9.41. The summed E-state index contributed by atoms with van der Waals surface area (Å²) < 4.78 is 45.5. The van der Waals surface area contributed by atoms with Gasteiger partial charge in [-0.05, 0) is 30.9 Å². The topological polar surface area (TPSA) is 65.3 Å². The van der Waals surface area contributed by atoms with Gasteiger partial charge in [0.2, 0.25) is 0 Å². The van der Waals surface area contributed by atoms with Gasteiger partial charge < -0.3 is 14.5 Å². The molecule has 0 radical (unpaired) electrons. The molecule has 1 aromatic heterocycles. The summed E-state index contributed by atoms with van der Waals surface area (Å²) in [5.41, 5.74) is -0.846. The van der Waals surface area contributed by atoms with E-state index in [-0.39, 0.29) is 11.6 Å². The molecule has 2 aromatic rings. The van der Waals surface area contributed by atoms with Gasteiger partial charge in [-0.25, -0.2) is 9.97 Å². The Morgan fingerprint density at radius 3 is 2.66 bits per heavy atom. The fourth-order valence-corrected chi connectivity index (χ4v) is 4.44. The molecular weight excluding hydrogens is 383 g/mol. The smallest absolute Gasteiger partial charge is 0.417 e. The molecule has 3 heterocycles. The number of nitriles is 1. The summed E-state index contributed by atoms with van der Waals surface area (Å²) in [6.07, 6.45) is 0.362. The standard InChI is InChI=1S/C20H20F3N5O/c1-29-19-18(25-7-8-26-19)27-9-5-13-6-10-28(17(13)12-27)16-4-2-3-15(14(16)11-24)20(21,22)23/h2-4,7-8,13,17H,5-6,9-10,12H2,1H3. The van der Waals surface area contributed by atoms with Crippen molar-refractivity contribution in [2.24, 2.45) is 5.92 Å². The van der Waals surface area contributed by atoms with Crippen LogP contribution in [0.5, 0.6) is 5.88 Å². The molecule has 2 saturated heterocycles. The maximum atomic E-state index is 13.4. The zero-order chi connectivity index (χ0) is 20.6. The number of piperidine rings is 1. The van der Waals surface area contributed by atoms with Crippen LogP contribution in [-0.4, -0.2) is 42.8 Å². The molecule has 6 nitrogen and oxygen atoms in total. The molecule has 9 heteroatoms. The van der Waals surface area contributed by atoms with E-state index in [0.29, 0.717) is 36.4 Å². The van der Waals surface area contributed by atoms with Crippen LogP contribution in [0, 0.1) is 17.2 Å². The maximum absolute atomic E-state index is 13.4. The first kappa shape index (κ1) is 19.3. The monoisotopic (exact) mass is 403 g/mol. The predicted octanol–water partition coefficient (Wildman–Crippen LogP) is 3.48. The lowest BCUT2D eigenvalue weighted by atomic mass is 9.91. The van der Waals surface area contributed by atoms with E-state index in [1.807, 2.05) is 4.90 Å². The fraction of sp³-hybridized carbons (Fsp3) is 0.450. The summed E-state index contributed by atoms with van der Waals surface area (Å²) in [5.74, 6) is 1.41. The number of rotatable bonds is 3. The lowest BCUT2D eigenvalue weighted by Gasteiger charge is -2.40. The summed E-state index contributed by atoms with van der Waals surface area (Å²) in [7, 11) is 1.53. The Balaban J connectivity index is 1.67. The summed E-state index contributed by atoms with van der Waals surface area (Å²) in [5, 5.41) is 9.50. The molecule has 0 aliphatic carbocycles. The lowest BCUT2D eigenvalue weighted by Crippen LogP contribution is -2.49. The highest BCUT2D eigenvalue weighted by atomic mass is 19.4. The van der Waals surface area contributed by atoms with Crippen molar-refractivity contribution >= 4 is 11.5 Å². The van der Waals surface area contributed by atoms with Crippen molar-refractivity contribution < 1.29 is 17.9 Å². The number of anilines is 2. The third kappa shape index (κ3) is 3.43. The SMILES string of the molecule is COc1nccnc1N1CCC2CCN(c3cccc(C(F)(F)F)c3C#N)C2C1. The summed E-state index contributed by atoms with van der Waals surface area (Å²) in [6.45, 7) is 1.98. The average Bonchev–Trinajstić information content (AvgIpc) is 3.15. The molecule has 29 heavy (non-hydrogen) atoms. The Kier molecular flexibility index (Phi) is 4.94. The Morgan fingerprint density at radius 1 is 1.17 bits per heavy atom. The van der Waals surface area contributed by atoms with Crippen molar-refractivity contribution in [1.29, 1.82) is 5.26 Å². The van der Waals surface area contributed by atoms with Crippen molar-refractivity contribution in [2.75, 3.05) is 36.5 Å². The molecule has 0 bridgehead atoms. The van der Waals surface area contributed by atoms with Gasteiger partial charge in [-0.3, -0.25) is 0 Å². The quantitative estimate of drug-likeness (QED) is 0.782. The predicted molar refractivity (Wildman–Crippen MR) is 101 cm³/mol. The van der Waals surface area contributed by atoms with Gasteiger partial charge in [0.05, 0.1) is 23.9 Å². The molecule has 0 saturated carbocycles. The average molecular weight is 403 g/mol. The molecule has 2 aliphatic heterocycles. The van der Waals surface area contributed by atoms with Crippen molar-refractivity contribution in [3.8, 4) is 11.9 Å². The second-order valence-corrected chi connectivity index (χ2v) is 7.24. The Morgan fingerprint density at radius 2 is 1.93 bits per heavy atom. The number of nitrogens with zero attached hydrogens (tertiary/aromatic N) is 5. The number of hydrogen-bond donors (Lipinski definition) is 0. The van der Waals surface area contributed by atoms with E-state index in [1.165, 1.54) is 13.2 Å². The van der Waals surface area contributed by atoms with Gasteiger partial charge in [-0.15, -0.1) is 0 Å². The zero-order valence-corrected chi connectivity index (χ0v) is 15.9. The van der Waals surface area contributed by atoms with Crippen molar-refractivity contribution in [1.82, 2.24) is 9.97 Å². The summed E-state index contributed by atoms with van der Waals surface area (Å²) in [4.78, 5) is 12.6. The van der Waals surface area contributed by atoms with Gasteiger partial charge in [-0.2, -0.15) is 18.4 Å². The summed E-state index contributed by atoms with van der Waals surface area (Å²) >= 11 is 0. The van der Waals surface area contributed by atoms with E-state index < -0.39 is 11.7 Å². The molecule has 0 amide bonds. The van der Waals surface area contributed by atoms with Crippen LogP contribution in [-0.2, 0) is 6.18 Å². The zero-order valence-electron chi connectivity index (χ0n) is 15.9. The number of aromatic nitrogens is 2. The molecule has 4 rings (SSSR count). The van der Waals surface area contributed by atoms with Gasteiger partial charge in [0, 0.05) is 38.1 Å². The first-order chi connectivity index (χ1) is 13.9. The van der Waals surface area contributed by atoms with Crippen LogP contribution in [0.2, 0.25) is 0 Å². The number of hydrogen-bond acceptors (Lipinski definition) is 6. The molecule has 2 aliphatic rings. The molecule has 2 fully saturated rings. The van der Waals surface area contributed by atoms with Gasteiger partial charge in [0.1, 0.15) is 6.07 Å². The highest BCUT2D eigenvalue weighted by Gasteiger charge is 2.42. The van der Waals surface area contributed by atoms with Gasteiger partial charge in [0.15, 0.2) is 5.82 Å². The molecular formula is C20H20F3N5O. The van der Waals surface area contributed by atoms with Gasteiger partial charge >= 0.3 is 6.18 Å². The number of halogens is 3. The van der Waals surface area contributed by atoms with Crippen molar-refractivity contribution in [3.63, 3.8) is 0 Å². The number of ether oxygens (including phenoxy) is 1. The van der Waals surface area contributed by atoms with Crippen LogP contribution in [0.25, 0.3) is 0 Å². The minimum atomic E-state index is -4.56. The highest BCUT2D eigenvalue weighted by Crippen LogP contribution is 2.41. The van der Waals surface area contributed by atoms with E-state index in [2.05, 4.69) is 14.9 Å². The number of methoxy groups -OCH3 is 1. The van der Waals surface area contributed by atoms with Crippen LogP contribution in [0.4, 0.5) is 24.7 Å². The molecule has 1 aromatic carbocycles. The minimum absolute atomic E-state index is 0.00829. The van der Waals surface area contributed by atoms with E-state index in [9.17, 15) is 18.4 Å². The van der Waals surface area contributed by atoms with Crippen LogP contribution in [0.3, 0.4) is 0 Å². The normalized spacial score (nSPS) is 21.6. The Hall–Kier alpha value is -3.02. The lowest BCUT2D eigenvalue weighted by molar-refractivity contribution is -0.137. The third-order valence-electron chi connectivity index (χ3n) is 5.77. The van der Waals surface area contributed by atoms with E-state index in [4.69, 9.17) is 4.74 Å². The van der Waals surface area contributed by atoms with Crippen molar-refractivity contribution in [3.05, 3.63) is 41.7 Å². The van der Waals surface area contributed by atoms with Gasteiger partial charge in [-0.1, -0.05) is 6.07 Å². The minimum Gasteiger partial charge on any atom is -0.478 e. The molecule has 0 spiro atoms.